The highest BCUT2D eigenvalue weighted by Gasteiger charge is 2.23. The summed E-state index contributed by atoms with van der Waals surface area (Å²) in [4.78, 5) is 5.51. The Morgan fingerprint density at radius 1 is 1.62 bits per heavy atom. The molecule has 0 radical (unpaired) electrons. The van der Waals surface area contributed by atoms with E-state index in [9.17, 15) is 0 Å². The maximum Gasteiger partial charge on any atom is 0.0705 e. The van der Waals surface area contributed by atoms with E-state index in [1.165, 1.54) is 17.7 Å². The molecule has 1 N–H and O–H groups in total. The first-order valence-corrected chi connectivity index (χ1v) is 6.06. The quantitative estimate of drug-likeness (QED) is 0.793. The molecule has 1 aromatic heterocycles. The Hall–Kier alpha value is -0.870. The zero-order valence-electron chi connectivity index (χ0n) is 10.4. The first kappa shape index (κ1) is 11.6. The molecule has 4 nitrogen and oxygen atoms in total. The van der Waals surface area contributed by atoms with Gasteiger partial charge in [0.1, 0.15) is 0 Å². The van der Waals surface area contributed by atoms with E-state index in [0.717, 1.165) is 19.4 Å². The summed E-state index contributed by atoms with van der Waals surface area (Å²) in [6.45, 7) is 5.06. The van der Waals surface area contributed by atoms with Gasteiger partial charge in [0.2, 0.25) is 0 Å². The topological polar surface area (TPSA) is 39.1 Å². The number of aromatic nitrogens is 2. The lowest BCUT2D eigenvalue weighted by atomic mass is 9.94. The molecule has 0 aromatic carbocycles. The molecule has 1 heterocycles. The third kappa shape index (κ3) is 2.44. The van der Waals surface area contributed by atoms with Crippen molar-refractivity contribution < 1.29 is 4.84 Å². The van der Waals surface area contributed by atoms with Crippen molar-refractivity contribution >= 4 is 0 Å². The minimum absolute atomic E-state index is 0.316. The summed E-state index contributed by atoms with van der Waals surface area (Å²) in [5, 5.41) is 4.31. The molecule has 90 valence electrons. The molecule has 1 aromatic rings. The van der Waals surface area contributed by atoms with Crippen LogP contribution < -0.4 is 5.48 Å². The van der Waals surface area contributed by atoms with Gasteiger partial charge in [0.05, 0.1) is 18.8 Å². The summed E-state index contributed by atoms with van der Waals surface area (Å²) in [7, 11) is 2.01. The monoisotopic (exact) mass is 223 g/mol. The molecular formula is C12H21N3O. The van der Waals surface area contributed by atoms with Crippen LogP contribution in [0.1, 0.15) is 44.0 Å². The van der Waals surface area contributed by atoms with Crippen molar-refractivity contribution in [1.82, 2.24) is 15.3 Å². The lowest BCUT2D eigenvalue weighted by Gasteiger charge is -2.23. The molecule has 2 rings (SSSR count). The maximum absolute atomic E-state index is 5.51. The van der Waals surface area contributed by atoms with Crippen LogP contribution in [0.15, 0.2) is 6.20 Å². The second-order valence-corrected chi connectivity index (χ2v) is 4.94. The molecule has 1 aliphatic rings. The van der Waals surface area contributed by atoms with Gasteiger partial charge in [-0.25, -0.2) is 0 Å². The predicted molar refractivity (Wildman–Crippen MR) is 62.8 cm³/mol. The number of hydrogen-bond donors (Lipinski definition) is 1. The second kappa shape index (κ2) is 4.97. The molecule has 1 aliphatic carbocycles. The zero-order chi connectivity index (χ0) is 11.5. The Balaban J connectivity index is 1.96. The Bertz CT molecular complexity index is 346. The highest BCUT2D eigenvalue weighted by atomic mass is 16.6. The van der Waals surface area contributed by atoms with Crippen LogP contribution >= 0.6 is 0 Å². The highest BCUT2D eigenvalue weighted by molar-refractivity contribution is 5.24. The first-order valence-electron chi connectivity index (χ1n) is 6.06. The summed E-state index contributed by atoms with van der Waals surface area (Å²) in [5.41, 5.74) is 5.82. The summed E-state index contributed by atoms with van der Waals surface area (Å²) in [5.74, 6) is 0.560. The minimum atomic E-state index is 0.316. The number of nitrogens with zero attached hydrogens (tertiary/aromatic N) is 2. The molecule has 0 fully saturated rings. The molecule has 1 atom stereocenters. The lowest BCUT2D eigenvalue weighted by Crippen LogP contribution is -2.26. The maximum atomic E-state index is 5.51. The Labute approximate surface area is 96.9 Å². The second-order valence-electron chi connectivity index (χ2n) is 4.94. The Morgan fingerprint density at radius 2 is 2.44 bits per heavy atom. The summed E-state index contributed by atoms with van der Waals surface area (Å²) in [6.07, 6.45) is 5.44. The van der Waals surface area contributed by atoms with Crippen molar-refractivity contribution in [3.8, 4) is 0 Å². The van der Waals surface area contributed by atoms with E-state index >= 15 is 0 Å². The van der Waals surface area contributed by atoms with Gasteiger partial charge in [-0.3, -0.25) is 4.68 Å². The number of nitrogens with one attached hydrogen (secondary N) is 1. The van der Waals surface area contributed by atoms with E-state index < -0.39 is 0 Å². The lowest BCUT2D eigenvalue weighted by molar-refractivity contribution is -0.00340. The summed E-state index contributed by atoms with van der Waals surface area (Å²) >= 11 is 0. The van der Waals surface area contributed by atoms with Crippen LogP contribution in [0.2, 0.25) is 0 Å². The molecule has 0 amide bonds. The van der Waals surface area contributed by atoms with Crippen LogP contribution in [0.25, 0.3) is 0 Å². The number of hydroxylamine groups is 1. The Morgan fingerprint density at radius 3 is 3.19 bits per heavy atom. The molecule has 0 spiro atoms. The number of hydrogen-bond acceptors (Lipinski definition) is 3. The van der Waals surface area contributed by atoms with Crippen LogP contribution in [0.5, 0.6) is 0 Å². The van der Waals surface area contributed by atoms with Gasteiger partial charge in [-0.15, -0.1) is 0 Å². The zero-order valence-corrected chi connectivity index (χ0v) is 10.4. The van der Waals surface area contributed by atoms with Crippen molar-refractivity contribution in [2.24, 2.45) is 13.0 Å². The predicted octanol–water partition coefficient (Wildman–Crippen LogP) is 1.97. The molecule has 4 heteroatoms. The average molecular weight is 223 g/mol. The smallest absolute Gasteiger partial charge is 0.0705 e. The largest absolute Gasteiger partial charge is 0.301 e. The molecule has 0 aliphatic heterocycles. The summed E-state index contributed by atoms with van der Waals surface area (Å²) in [6, 6.07) is 0.316. The normalized spacial score (nSPS) is 20.1. The van der Waals surface area contributed by atoms with Crippen LogP contribution in [0, 0.1) is 5.92 Å². The van der Waals surface area contributed by atoms with Gasteiger partial charge in [-0.05, 0) is 25.2 Å². The van der Waals surface area contributed by atoms with Crippen molar-refractivity contribution in [2.75, 3.05) is 6.61 Å². The minimum Gasteiger partial charge on any atom is -0.301 e. The van der Waals surface area contributed by atoms with Crippen LogP contribution in [-0.2, 0) is 18.3 Å². The number of fused-ring (bicyclic) bond motifs is 1. The average Bonchev–Trinajstić information content (AvgIpc) is 2.61. The van der Waals surface area contributed by atoms with E-state index in [2.05, 4.69) is 24.4 Å². The Kier molecular flexibility index (Phi) is 3.61. The molecule has 0 saturated carbocycles. The van der Waals surface area contributed by atoms with Gasteiger partial charge in [0, 0.05) is 18.3 Å². The van der Waals surface area contributed by atoms with Crippen molar-refractivity contribution in [2.45, 2.75) is 39.2 Å². The third-order valence-electron chi connectivity index (χ3n) is 3.02. The molecule has 0 saturated heterocycles. The van der Waals surface area contributed by atoms with Crippen molar-refractivity contribution in [3.05, 3.63) is 17.5 Å². The van der Waals surface area contributed by atoms with Gasteiger partial charge in [0.25, 0.3) is 0 Å². The van der Waals surface area contributed by atoms with Gasteiger partial charge in [-0.2, -0.15) is 10.6 Å². The fourth-order valence-corrected chi connectivity index (χ4v) is 2.14. The van der Waals surface area contributed by atoms with Gasteiger partial charge >= 0.3 is 0 Å². The standard InChI is InChI=1S/C12H21N3O/c1-9(2)8-16-14-11-5-4-6-12-10(11)7-13-15(12)3/h7,9,11,14H,4-6,8H2,1-3H3. The van der Waals surface area contributed by atoms with Crippen molar-refractivity contribution in [3.63, 3.8) is 0 Å². The fourth-order valence-electron chi connectivity index (χ4n) is 2.14. The number of rotatable bonds is 4. The third-order valence-corrected chi connectivity index (χ3v) is 3.02. The van der Waals surface area contributed by atoms with E-state index in [4.69, 9.17) is 4.84 Å². The van der Waals surface area contributed by atoms with Gasteiger partial charge in [0.15, 0.2) is 0 Å². The van der Waals surface area contributed by atoms with Gasteiger partial charge < -0.3 is 4.84 Å². The van der Waals surface area contributed by atoms with Crippen LogP contribution in [0.4, 0.5) is 0 Å². The van der Waals surface area contributed by atoms with E-state index in [1.54, 1.807) is 0 Å². The first-order chi connectivity index (χ1) is 7.68. The molecule has 1 unspecified atom stereocenters. The highest BCUT2D eigenvalue weighted by Crippen LogP contribution is 2.28. The van der Waals surface area contributed by atoms with E-state index in [0.29, 0.717) is 12.0 Å². The number of aryl methyl sites for hydroxylation is 1. The fraction of sp³-hybridized carbons (Fsp3) is 0.750. The SMILES string of the molecule is CC(C)CONC1CCCc2c1cnn2C. The van der Waals surface area contributed by atoms with Crippen LogP contribution in [0.3, 0.4) is 0 Å². The van der Waals surface area contributed by atoms with Crippen LogP contribution in [-0.4, -0.2) is 16.4 Å². The van der Waals surface area contributed by atoms with Crippen molar-refractivity contribution in [1.29, 1.82) is 0 Å². The summed E-state index contributed by atoms with van der Waals surface area (Å²) < 4.78 is 1.98. The molecule has 16 heavy (non-hydrogen) atoms. The van der Waals surface area contributed by atoms with E-state index in [1.807, 2.05) is 17.9 Å². The van der Waals surface area contributed by atoms with E-state index in [-0.39, 0.29) is 0 Å². The van der Waals surface area contributed by atoms with Gasteiger partial charge in [-0.1, -0.05) is 13.8 Å². The molecule has 0 bridgehead atoms. The molecular weight excluding hydrogens is 202 g/mol.